The highest BCUT2D eigenvalue weighted by atomic mass is 35.5. The van der Waals surface area contributed by atoms with Gasteiger partial charge in [0.2, 0.25) is 0 Å². The normalized spacial score (nSPS) is 10.5. The molecule has 15 heavy (non-hydrogen) atoms. The number of rotatable bonds is 3. The lowest BCUT2D eigenvalue weighted by Crippen LogP contribution is -2.02. The van der Waals surface area contributed by atoms with E-state index in [0.29, 0.717) is 5.88 Å². The summed E-state index contributed by atoms with van der Waals surface area (Å²) in [5, 5.41) is 4.04. The van der Waals surface area contributed by atoms with Crippen LogP contribution in [0.1, 0.15) is 18.2 Å². The van der Waals surface area contributed by atoms with Crippen molar-refractivity contribution in [2.75, 3.05) is 0 Å². The van der Waals surface area contributed by atoms with Gasteiger partial charge in [0.15, 0.2) is 5.82 Å². The lowest BCUT2D eigenvalue weighted by molar-refractivity contribution is 0.828. The maximum absolute atomic E-state index is 5.82. The zero-order chi connectivity index (χ0) is 10.7. The second-order valence-electron chi connectivity index (χ2n) is 3.15. The standard InChI is InChI=1S/C10H11ClN4/c1-2-9-3-8(5-11)4-10(14-9)15-7-12-6-13-15/h3-4,6-7H,2,5H2,1H3. The van der Waals surface area contributed by atoms with Gasteiger partial charge in [0, 0.05) is 11.6 Å². The topological polar surface area (TPSA) is 43.6 Å². The van der Waals surface area contributed by atoms with Crippen LogP contribution >= 0.6 is 11.6 Å². The minimum Gasteiger partial charge on any atom is -0.234 e. The summed E-state index contributed by atoms with van der Waals surface area (Å²) in [6, 6.07) is 3.92. The fourth-order valence-corrected chi connectivity index (χ4v) is 1.49. The van der Waals surface area contributed by atoms with E-state index >= 15 is 0 Å². The predicted molar refractivity (Wildman–Crippen MR) is 58.1 cm³/mol. The number of aryl methyl sites for hydroxylation is 1. The number of nitrogens with zero attached hydrogens (tertiary/aromatic N) is 4. The van der Waals surface area contributed by atoms with E-state index in [1.807, 2.05) is 12.1 Å². The second kappa shape index (κ2) is 4.40. The SMILES string of the molecule is CCc1cc(CCl)cc(-n2cncn2)n1. The maximum Gasteiger partial charge on any atom is 0.155 e. The van der Waals surface area contributed by atoms with E-state index in [0.717, 1.165) is 23.5 Å². The Labute approximate surface area is 92.9 Å². The number of alkyl halides is 1. The lowest BCUT2D eigenvalue weighted by Gasteiger charge is -2.05. The largest absolute Gasteiger partial charge is 0.234 e. The van der Waals surface area contributed by atoms with Crippen molar-refractivity contribution in [1.29, 1.82) is 0 Å². The van der Waals surface area contributed by atoms with E-state index in [-0.39, 0.29) is 0 Å². The van der Waals surface area contributed by atoms with Crippen molar-refractivity contribution in [3.8, 4) is 5.82 Å². The van der Waals surface area contributed by atoms with Gasteiger partial charge in [0.25, 0.3) is 0 Å². The molecule has 0 spiro atoms. The van der Waals surface area contributed by atoms with Crippen molar-refractivity contribution >= 4 is 11.6 Å². The first-order valence-electron chi connectivity index (χ1n) is 4.74. The Morgan fingerprint density at radius 1 is 1.40 bits per heavy atom. The summed E-state index contributed by atoms with van der Waals surface area (Å²) in [4.78, 5) is 8.33. The fraction of sp³-hybridized carbons (Fsp3) is 0.300. The van der Waals surface area contributed by atoms with Crippen molar-refractivity contribution in [1.82, 2.24) is 19.7 Å². The molecule has 5 heteroatoms. The average molecular weight is 223 g/mol. The molecule has 0 unspecified atom stereocenters. The van der Waals surface area contributed by atoms with Gasteiger partial charge >= 0.3 is 0 Å². The van der Waals surface area contributed by atoms with Gasteiger partial charge in [-0.05, 0) is 24.1 Å². The van der Waals surface area contributed by atoms with Gasteiger partial charge in [-0.1, -0.05) is 6.92 Å². The highest BCUT2D eigenvalue weighted by Gasteiger charge is 2.03. The van der Waals surface area contributed by atoms with Crippen LogP contribution in [0.15, 0.2) is 24.8 Å². The third-order valence-electron chi connectivity index (χ3n) is 2.09. The Kier molecular flexibility index (Phi) is 2.97. The molecule has 0 bridgehead atoms. The van der Waals surface area contributed by atoms with Crippen molar-refractivity contribution in [2.24, 2.45) is 0 Å². The molecule has 0 saturated heterocycles. The first-order valence-corrected chi connectivity index (χ1v) is 5.27. The van der Waals surface area contributed by atoms with Gasteiger partial charge in [-0.3, -0.25) is 0 Å². The summed E-state index contributed by atoms with van der Waals surface area (Å²) in [6.45, 7) is 2.06. The quantitative estimate of drug-likeness (QED) is 0.746. The molecule has 0 amide bonds. The Morgan fingerprint density at radius 2 is 2.27 bits per heavy atom. The van der Waals surface area contributed by atoms with Gasteiger partial charge in [-0.15, -0.1) is 11.6 Å². The fourth-order valence-electron chi connectivity index (χ4n) is 1.34. The summed E-state index contributed by atoms with van der Waals surface area (Å²) in [5.41, 5.74) is 2.06. The van der Waals surface area contributed by atoms with E-state index < -0.39 is 0 Å². The molecule has 0 aliphatic rings. The average Bonchev–Trinajstić information content (AvgIpc) is 2.81. The van der Waals surface area contributed by atoms with Crippen molar-refractivity contribution < 1.29 is 0 Å². The molecule has 0 aliphatic carbocycles. The van der Waals surface area contributed by atoms with Crippen LogP contribution in [0, 0.1) is 0 Å². The van der Waals surface area contributed by atoms with Gasteiger partial charge in [0.05, 0.1) is 0 Å². The van der Waals surface area contributed by atoms with Gasteiger partial charge in [-0.2, -0.15) is 5.10 Å². The molecule has 2 aromatic heterocycles. The number of pyridine rings is 1. The van der Waals surface area contributed by atoms with E-state index in [4.69, 9.17) is 11.6 Å². The monoisotopic (exact) mass is 222 g/mol. The van der Waals surface area contributed by atoms with E-state index in [9.17, 15) is 0 Å². The maximum atomic E-state index is 5.82. The molecule has 2 heterocycles. The Balaban J connectivity index is 2.47. The third-order valence-corrected chi connectivity index (χ3v) is 2.40. The molecule has 0 saturated carbocycles. The van der Waals surface area contributed by atoms with Crippen molar-refractivity contribution in [3.63, 3.8) is 0 Å². The zero-order valence-electron chi connectivity index (χ0n) is 8.39. The number of halogens is 1. The number of aromatic nitrogens is 4. The smallest absolute Gasteiger partial charge is 0.155 e. The van der Waals surface area contributed by atoms with Crippen molar-refractivity contribution in [2.45, 2.75) is 19.2 Å². The van der Waals surface area contributed by atoms with E-state index in [1.165, 1.54) is 6.33 Å². The van der Waals surface area contributed by atoms with Crippen LogP contribution in [0.3, 0.4) is 0 Å². The van der Waals surface area contributed by atoms with E-state index in [2.05, 4.69) is 22.0 Å². The lowest BCUT2D eigenvalue weighted by atomic mass is 10.2. The summed E-state index contributed by atoms with van der Waals surface area (Å²) < 4.78 is 1.63. The molecule has 0 atom stereocenters. The molecule has 4 nitrogen and oxygen atoms in total. The highest BCUT2D eigenvalue weighted by Crippen LogP contribution is 2.11. The van der Waals surface area contributed by atoms with Crippen LogP contribution in [-0.2, 0) is 12.3 Å². The molecule has 0 fully saturated rings. The number of hydrogen-bond acceptors (Lipinski definition) is 3. The minimum absolute atomic E-state index is 0.483. The molecule has 0 N–H and O–H groups in total. The Bertz CT molecular complexity index is 416. The molecule has 2 aromatic rings. The zero-order valence-corrected chi connectivity index (χ0v) is 9.15. The summed E-state index contributed by atoms with van der Waals surface area (Å²) in [5.74, 6) is 1.25. The first kappa shape index (κ1) is 10.1. The summed E-state index contributed by atoms with van der Waals surface area (Å²) in [7, 11) is 0. The van der Waals surface area contributed by atoms with Crippen LogP contribution in [-0.4, -0.2) is 19.7 Å². The van der Waals surface area contributed by atoms with Crippen LogP contribution in [0.25, 0.3) is 5.82 Å². The van der Waals surface area contributed by atoms with E-state index in [1.54, 1.807) is 11.0 Å². The van der Waals surface area contributed by atoms with Crippen LogP contribution < -0.4 is 0 Å². The molecule has 0 aromatic carbocycles. The third kappa shape index (κ3) is 2.15. The number of hydrogen-bond donors (Lipinski definition) is 0. The Hall–Kier alpha value is -1.42. The van der Waals surface area contributed by atoms with Crippen molar-refractivity contribution in [3.05, 3.63) is 36.0 Å². The van der Waals surface area contributed by atoms with Gasteiger partial charge < -0.3 is 0 Å². The van der Waals surface area contributed by atoms with Crippen LogP contribution in [0.5, 0.6) is 0 Å². The molecular weight excluding hydrogens is 212 g/mol. The molecule has 0 aliphatic heterocycles. The first-order chi connectivity index (χ1) is 7.33. The highest BCUT2D eigenvalue weighted by molar-refractivity contribution is 6.17. The van der Waals surface area contributed by atoms with Gasteiger partial charge in [0.1, 0.15) is 12.7 Å². The van der Waals surface area contributed by atoms with Crippen LogP contribution in [0.2, 0.25) is 0 Å². The molecular formula is C10H11ClN4. The summed E-state index contributed by atoms with van der Waals surface area (Å²) in [6.07, 6.45) is 3.99. The second-order valence-corrected chi connectivity index (χ2v) is 3.42. The Morgan fingerprint density at radius 3 is 2.87 bits per heavy atom. The predicted octanol–water partition coefficient (Wildman–Crippen LogP) is 1.96. The molecule has 0 radical (unpaired) electrons. The minimum atomic E-state index is 0.483. The molecule has 2 rings (SSSR count). The van der Waals surface area contributed by atoms with Gasteiger partial charge in [-0.25, -0.2) is 14.6 Å². The molecule has 78 valence electrons. The van der Waals surface area contributed by atoms with Crippen LogP contribution in [0.4, 0.5) is 0 Å². The summed E-state index contributed by atoms with van der Waals surface area (Å²) >= 11 is 5.82.